The molecule has 2 spiro atoms. The van der Waals surface area contributed by atoms with Crippen LogP contribution < -0.4 is 9.47 Å². The van der Waals surface area contributed by atoms with Crippen LogP contribution in [0, 0.1) is 17.3 Å². The monoisotopic (exact) mass is 557 g/mol. The minimum Gasteiger partial charge on any atom is -0.493 e. The molecule has 10 rings (SSSR count). The maximum Gasteiger partial charge on any atom is 0.165 e. The molecule has 3 heterocycles. The van der Waals surface area contributed by atoms with Crippen molar-refractivity contribution in [1.82, 2.24) is 4.90 Å². The smallest absolute Gasteiger partial charge is 0.165 e. The Bertz CT molecular complexity index is 1470. The topological polar surface area (TPSA) is 40.2 Å². The number of thiophene rings is 1. The van der Waals surface area contributed by atoms with Crippen molar-refractivity contribution in [3.63, 3.8) is 0 Å². The van der Waals surface area contributed by atoms with Crippen molar-refractivity contribution >= 4 is 21.4 Å². The molecule has 0 N–H and O–H groups in total. The Morgan fingerprint density at radius 2 is 1.98 bits per heavy atom. The summed E-state index contributed by atoms with van der Waals surface area (Å²) >= 11 is 1.85. The second kappa shape index (κ2) is 8.47. The van der Waals surface area contributed by atoms with Crippen LogP contribution in [0.2, 0.25) is 0 Å². The molecule has 5 fully saturated rings. The molecule has 5 aliphatic carbocycles. The highest BCUT2D eigenvalue weighted by molar-refractivity contribution is 7.19. The van der Waals surface area contributed by atoms with Gasteiger partial charge in [-0.3, -0.25) is 4.90 Å². The number of hydrogen-bond donors (Lipinski definition) is 0. The summed E-state index contributed by atoms with van der Waals surface area (Å²) < 4.78 is 27.7. The molecule has 3 aromatic rings. The van der Waals surface area contributed by atoms with Gasteiger partial charge in [-0.15, -0.1) is 11.3 Å². The van der Waals surface area contributed by atoms with E-state index in [9.17, 15) is 0 Å². The molecule has 7 aliphatic rings. The van der Waals surface area contributed by atoms with Crippen LogP contribution >= 0.6 is 11.3 Å². The SMILES string of the molecule is COc1ccc2c3c1O[C@H]1[C@@]4(OC)CC[C@@]5(C[C@H]4COCc4cc6ccccc6s4)[C@@H](C2)N(CC2CC2)CC[C@]315. The number of ether oxygens (including phenoxy) is 4. The Kier molecular flexibility index (Phi) is 5.18. The Morgan fingerprint density at radius 1 is 1.07 bits per heavy atom. The second-order valence-corrected chi connectivity index (χ2v) is 14.7. The Morgan fingerprint density at radius 3 is 2.80 bits per heavy atom. The standard InChI is InChI=1S/C34H39NO4S/c1-36-26-10-9-23-16-28-32-11-12-34(37-2,24(17-32)19-38-20-25-15-22-5-3-4-6-27(22)40-25)31-33(32,29(23)30(26)39-31)13-14-35(28)18-21-7-8-21/h3-6,9-10,15,21,24,28,31H,7-8,11-14,16-20H2,1-2H3/t24-,28+,31+,32+,33-,34+/m0/s1. The maximum absolute atomic E-state index is 7.17. The normalized spacial score (nSPS) is 37.0. The Labute approximate surface area is 240 Å². The summed E-state index contributed by atoms with van der Waals surface area (Å²) in [6.45, 7) is 3.82. The number of benzene rings is 2. The van der Waals surface area contributed by atoms with E-state index in [2.05, 4.69) is 47.4 Å². The summed E-state index contributed by atoms with van der Waals surface area (Å²) in [4.78, 5) is 4.21. The molecular weight excluding hydrogens is 518 g/mol. The molecule has 0 radical (unpaired) electrons. The van der Waals surface area contributed by atoms with Gasteiger partial charge in [-0.25, -0.2) is 0 Å². The molecule has 5 nitrogen and oxygen atoms in total. The molecule has 6 heteroatoms. The van der Waals surface area contributed by atoms with Gasteiger partial charge in [0.25, 0.3) is 0 Å². The first kappa shape index (κ1) is 24.5. The van der Waals surface area contributed by atoms with Crippen molar-refractivity contribution < 1.29 is 18.9 Å². The van der Waals surface area contributed by atoms with Crippen LogP contribution in [0.5, 0.6) is 11.5 Å². The number of hydrogen-bond acceptors (Lipinski definition) is 6. The van der Waals surface area contributed by atoms with Gasteiger partial charge < -0.3 is 18.9 Å². The fourth-order valence-corrected chi connectivity index (χ4v) is 11.3. The Balaban J connectivity index is 1.10. The second-order valence-electron chi connectivity index (χ2n) is 13.5. The predicted octanol–water partition coefficient (Wildman–Crippen LogP) is 6.35. The lowest BCUT2D eigenvalue weighted by atomic mass is 9.35. The molecule has 40 heavy (non-hydrogen) atoms. The summed E-state index contributed by atoms with van der Waals surface area (Å²) in [5.41, 5.74) is 2.83. The lowest BCUT2D eigenvalue weighted by Crippen LogP contribution is -2.81. The van der Waals surface area contributed by atoms with E-state index in [0.29, 0.717) is 18.6 Å². The van der Waals surface area contributed by atoms with Crippen LogP contribution in [0.15, 0.2) is 42.5 Å². The third-order valence-corrected chi connectivity index (χ3v) is 13.1. The quantitative estimate of drug-likeness (QED) is 0.323. The predicted molar refractivity (Wildman–Crippen MR) is 156 cm³/mol. The van der Waals surface area contributed by atoms with E-state index in [4.69, 9.17) is 18.9 Å². The fourth-order valence-electron chi connectivity index (χ4n) is 10.3. The highest BCUT2D eigenvalue weighted by Gasteiger charge is 2.80. The van der Waals surface area contributed by atoms with Crippen molar-refractivity contribution in [3.8, 4) is 11.5 Å². The fraction of sp³-hybridized carbons (Fsp3) is 0.588. The van der Waals surface area contributed by atoms with Gasteiger partial charge in [0, 0.05) is 51.6 Å². The molecule has 0 unspecified atom stereocenters. The summed E-state index contributed by atoms with van der Waals surface area (Å²) in [5, 5.41) is 1.31. The summed E-state index contributed by atoms with van der Waals surface area (Å²) in [5.74, 6) is 3.11. The number of piperidine rings is 1. The van der Waals surface area contributed by atoms with Crippen LogP contribution in [0.4, 0.5) is 0 Å². The highest BCUT2D eigenvalue weighted by atomic mass is 32.1. The zero-order chi connectivity index (χ0) is 26.7. The lowest BCUT2D eigenvalue weighted by Gasteiger charge is -2.74. The van der Waals surface area contributed by atoms with Crippen LogP contribution in [0.3, 0.4) is 0 Å². The molecule has 4 bridgehead atoms. The number of nitrogens with zero attached hydrogens (tertiary/aromatic N) is 1. The van der Waals surface area contributed by atoms with Gasteiger partial charge in [-0.2, -0.15) is 0 Å². The van der Waals surface area contributed by atoms with Crippen molar-refractivity contribution in [2.75, 3.05) is 33.9 Å². The summed E-state index contributed by atoms with van der Waals surface area (Å²) in [6.07, 6.45) is 8.55. The van der Waals surface area contributed by atoms with E-state index in [1.54, 1.807) is 7.11 Å². The van der Waals surface area contributed by atoms with Crippen LogP contribution in [0.1, 0.15) is 54.5 Å². The molecule has 1 aromatic heterocycles. The van der Waals surface area contributed by atoms with E-state index in [-0.39, 0.29) is 22.5 Å². The van der Waals surface area contributed by atoms with Gasteiger partial charge in [-0.05, 0) is 86.6 Å². The molecule has 4 saturated carbocycles. The first-order valence-electron chi connectivity index (χ1n) is 15.3. The average Bonchev–Trinajstić information content (AvgIpc) is 3.58. The van der Waals surface area contributed by atoms with Crippen LogP contribution in [0.25, 0.3) is 10.1 Å². The Hall–Kier alpha value is -2.12. The molecule has 6 atom stereocenters. The molecule has 2 aliphatic heterocycles. The van der Waals surface area contributed by atoms with Gasteiger partial charge in [0.1, 0.15) is 11.7 Å². The molecule has 2 aromatic carbocycles. The highest BCUT2D eigenvalue weighted by Crippen LogP contribution is 2.76. The lowest BCUT2D eigenvalue weighted by molar-refractivity contribution is -0.283. The zero-order valence-corrected chi connectivity index (χ0v) is 24.4. The van der Waals surface area contributed by atoms with Gasteiger partial charge in [0.15, 0.2) is 11.5 Å². The first-order chi connectivity index (χ1) is 19.6. The van der Waals surface area contributed by atoms with E-state index in [0.717, 1.165) is 49.7 Å². The van der Waals surface area contributed by atoms with E-state index in [1.807, 2.05) is 18.4 Å². The van der Waals surface area contributed by atoms with Crippen molar-refractivity contribution in [2.45, 2.75) is 74.7 Å². The molecular formula is C34H39NO4S. The van der Waals surface area contributed by atoms with E-state index < -0.39 is 0 Å². The summed E-state index contributed by atoms with van der Waals surface area (Å²) in [6, 6.07) is 16.0. The minimum atomic E-state index is -0.343. The number of fused-ring (bicyclic) bond motifs is 3. The van der Waals surface area contributed by atoms with E-state index >= 15 is 0 Å². The third kappa shape index (κ3) is 2.99. The minimum absolute atomic E-state index is 0.00537. The third-order valence-electron chi connectivity index (χ3n) is 12.0. The summed E-state index contributed by atoms with van der Waals surface area (Å²) in [7, 11) is 3.72. The molecule has 210 valence electrons. The van der Waals surface area contributed by atoms with Gasteiger partial charge in [0.2, 0.25) is 0 Å². The maximum atomic E-state index is 7.17. The molecule has 0 amide bonds. The molecule has 1 saturated heterocycles. The number of likely N-dealkylation sites (tertiary alicyclic amines) is 1. The largest absolute Gasteiger partial charge is 0.493 e. The van der Waals surface area contributed by atoms with Crippen molar-refractivity contribution in [3.05, 3.63) is 58.5 Å². The van der Waals surface area contributed by atoms with Crippen molar-refractivity contribution in [2.24, 2.45) is 17.3 Å². The number of rotatable bonds is 8. The first-order valence-corrected chi connectivity index (χ1v) is 16.1. The van der Waals surface area contributed by atoms with E-state index in [1.165, 1.54) is 58.4 Å². The van der Waals surface area contributed by atoms with Crippen molar-refractivity contribution in [1.29, 1.82) is 0 Å². The van der Waals surface area contributed by atoms with Gasteiger partial charge in [0.05, 0.1) is 20.3 Å². The van der Waals surface area contributed by atoms with Crippen LogP contribution in [-0.2, 0) is 27.9 Å². The average molecular weight is 558 g/mol. The van der Waals surface area contributed by atoms with Gasteiger partial charge in [-0.1, -0.05) is 24.3 Å². The van der Waals surface area contributed by atoms with Crippen LogP contribution in [-0.4, -0.2) is 56.6 Å². The van der Waals surface area contributed by atoms with Gasteiger partial charge >= 0.3 is 0 Å². The number of methoxy groups -OCH3 is 2. The zero-order valence-electron chi connectivity index (χ0n) is 23.6.